The van der Waals surface area contributed by atoms with Crippen molar-refractivity contribution >= 4 is 21.4 Å². The first-order valence-electron chi connectivity index (χ1n) is 4.86. The second-order valence-corrected chi connectivity index (χ2v) is 6.44. The summed E-state index contributed by atoms with van der Waals surface area (Å²) in [5.74, 6) is 1.25. The molecule has 15 heavy (non-hydrogen) atoms. The summed E-state index contributed by atoms with van der Waals surface area (Å²) in [6.45, 7) is 0.710. The Morgan fingerprint density at radius 1 is 1.60 bits per heavy atom. The molecule has 6 heteroatoms. The third-order valence-corrected chi connectivity index (χ3v) is 4.83. The highest BCUT2D eigenvalue weighted by atomic mass is 35.5. The molecule has 2 rings (SSSR count). The highest BCUT2D eigenvalue weighted by molar-refractivity contribution is 7.91. The lowest BCUT2D eigenvalue weighted by Gasteiger charge is -2.10. The third-order valence-electron chi connectivity index (χ3n) is 2.72. The normalized spacial score (nSPS) is 24.5. The first-order valence-corrected chi connectivity index (χ1v) is 7.22. The van der Waals surface area contributed by atoms with Crippen LogP contribution in [-0.2, 0) is 22.3 Å². The van der Waals surface area contributed by atoms with Crippen LogP contribution in [0.5, 0.6) is 0 Å². The number of rotatable bonds is 3. The molecule has 0 amide bonds. The van der Waals surface area contributed by atoms with Crippen molar-refractivity contribution in [2.75, 3.05) is 11.5 Å². The molecule has 0 radical (unpaired) electrons. The molecule has 0 spiro atoms. The van der Waals surface area contributed by atoms with Crippen LogP contribution >= 0.6 is 11.6 Å². The minimum Gasteiger partial charge on any atom is -0.333 e. The number of aromatic nitrogens is 2. The zero-order chi connectivity index (χ0) is 10.9. The van der Waals surface area contributed by atoms with Gasteiger partial charge in [0.15, 0.2) is 9.84 Å². The Morgan fingerprint density at radius 3 is 3.00 bits per heavy atom. The molecule has 1 unspecified atom stereocenters. The lowest BCUT2D eigenvalue weighted by molar-refractivity contribution is 0.483. The van der Waals surface area contributed by atoms with Crippen molar-refractivity contribution in [2.45, 2.75) is 18.8 Å². The fourth-order valence-corrected chi connectivity index (χ4v) is 3.99. The van der Waals surface area contributed by atoms with Crippen molar-refractivity contribution in [1.29, 1.82) is 0 Å². The second-order valence-electron chi connectivity index (χ2n) is 3.94. The molecule has 84 valence electrons. The molecule has 0 bridgehead atoms. The van der Waals surface area contributed by atoms with Crippen molar-refractivity contribution < 1.29 is 8.42 Å². The van der Waals surface area contributed by atoms with E-state index in [4.69, 9.17) is 11.6 Å². The molecule has 1 aromatic rings. The van der Waals surface area contributed by atoms with Crippen LogP contribution in [0.25, 0.3) is 0 Å². The van der Waals surface area contributed by atoms with Crippen molar-refractivity contribution in [2.24, 2.45) is 5.92 Å². The van der Waals surface area contributed by atoms with Crippen LogP contribution in [0.1, 0.15) is 12.1 Å². The molecule has 1 saturated heterocycles. The molecule has 0 aromatic carbocycles. The Kier molecular flexibility index (Phi) is 3.02. The maximum Gasteiger partial charge on any atom is 0.150 e. The summed E-state index contributed by atoms with van der Waals surface area (Å²) >= 11 is 5.74. The minimum absolute atomic E-state index is 0.214. The van der Waals surface area contributed by atoms with Gasteiger partial charge in [0.2, 0.25) is 0 Å². The lowest BCUT2D eigenvalue weighted by Crippen LogP contribution is -2.13. The average molecular weight is 249 g/mol. The van der Waals surface area contributed by atoms with E-state index in [0.717, 1.165) is 12.1 Å². The van der Waals surface area contributed by atoms with Gasteiger partial charge in [-0.1, -0.05) is 0 Å². The van der Waals surface area contributed by atoms with Gasteiger partial charge in [0, 0.05) is 12.7 Å². The molecule has 1 aliphatic rings. The van der Waals surface area contributed by atoms with E-state index < -0.39 is 9.84 Å². The lowest BCUT2D eigenvalue weighted by atomic mass is 10.1. The first-order chi connectivity index (χ1) is 7.11. The van der Waals surface area contributed by atoms with Crippen LogP contribution < -0.4 is 0 Å². The van der Waals surface area contributed by atoms with Crippen LogP contribution in [0.3, 0.4) is 0 Å². The van der Waals surface area contributed by atoms with Crippen LogP contribution in [0.2, 0.25) is 0 Å². The predicted octanol–water partition coefficient (Wildman–Crippen LogP) is 1.06. The predicted molar refractivity (Wildman–Crippen MR) is 58.5 cm³/mol. The SMILES string of the molecule is O=S1(=O)CCC(Cn2cncc2CCl)C1. The fourth-order valence-electron chi connectivity index (χ4n) is 1.92. The molecule has 0 N–H and O–H groups in total. The van der Waals surface area contributed by atoms with Crippen LogP contribution in [0.15, 0.2) is 12.5 Å². The van der Waals surface area contributed by atoms with E-state index in [1.54, 1.807) is 12.5 Å². The molecular formula is C9H13ClN2O2S. The van der Waals surface area contributed by atoms with E-state index >= 15 is 0 Å². The highest BCUT2D eigenvalue weighted by Crippen LogP contribution is 2.21. The number of alkyl halides is 1. The van der Waals surface area contributed by atoms with E-state index in [2.05, 4.69) is 4.98 Å². The van der Waals surface area contributed by atoms with Gasteiger partial charge in [0.1, 0.15) is 0 Å². The summed E-state index contributed by atoms with van der Waals surface area (Å²) in [6.07, 6.45) is 4.18. The average Bonchev–Trinajstić information content (AvgIpc) is 2.73. The second kappa shape index (κ2) is 4.14. The summed E-state index contributed by atoms with van der Waals surface area (Å²) in [6, 6.07) is 0. The van der Waals surface area contributed by atoms with Crippen molar-refractivity contribution in [3.63, 3.8) is 0 Å². The van der Waals surface area contributed by atoms with Crippen molar-refractivity contribution in [3.8, 4) is 0 Å². The van der Waals surface area contributed by atoms with Crippen LogP contribution in [-0.4, -0.2) is 29.5 Å². The van der Waals surface area contributed by atoms with Crippen molar-refractivity contribution in [3.05, 3.63) is 18.2 Å². The molecule has 4 nitrogen and oxygen atoms in total. The standard InChI is InChI=1S/C9H13ClN2O2S/c10-3-9-4-11-7-12(9)5-8-1-2-15(13,14)6-8/h4,7-8H,1-3,5-6H2. The van der Waals surface area contributed by atoms with Gasteiger partial charge in [0.05, 0.1) is 29.4 Å². The topological polar surface area (TPSA) is 52.0 Å². The summed E-state index contributed by atoms with van der Waals surface area (Å²) in [5.41, 5.74) is 0.945. The molecule has 1 fully saturated rings. The van der Waals surface area contributed by atoms with E-state index in [1.807, 2.05) is 4.57 Å². The number of hydrogen-bond acceptors (Lipinski definition) is 3. The largest absolute Gasteiger partial charge is 0.333 e. The summed E-state index contributed by atoms with van der Waals surface area (Å²) in [5, 5.41) is 0. The van der Waals surface area contributed by atoms with Gasteiger partial charge in [-0.25, -0.2) is 13.4 Å². The molecule has 1 aliphatic heterocycles. The van der Waals surface area contributed by atoms with Crippen LogP contribution in [0, 0.1) is 5.92 Å². The van der Waals surface area contributed by atoms with Crippen LogP contribution in [0.4, 0.5) is 0 Å². The van der Waals surface area contributed by atoms with Gasteiger partial charge in [-0.05, 0) is 12.3 Å². The summed E-state index contributed by atoms with van der Waals surface area (Å²) in [7, 11) is -2.78. The zero-order valence-electron chi connectivity index (χ0n) is 8.26. The Bertz CT molecular complexity index is 441. The minimum atomic E-state index is -2.78. The molecule has 0 saturated carbocycles. The quantitative estimate of drug-likeness (QED) is 0.752. The van der Waals surface area contributed by atoms with Gasteiger partial charge in [0.25, 0.3) is 0 Å². The monoisotopic (exact) mass is 248 g/mol. The molecular weight excluding hydrogens is 236 g/mol. The Balaban J connectivity index is 2.04. The number of imidazole rings is 1. The van der Waals surface area contributed by atoms with E-state index in [9.17, 15) is 8.42 Å². The maximum atomic E-state index is 11.3. The number of halogens is 1. The summed E-state index contributed by atoms with van der Waals surface area (Å²) < 4.78 is 24.5. The number of nitrogens with zero attached hydrogens (tertiary/aromatic N) is 2. The first kappa shape index (κ1) is 11.0. The van der Waals surface area contributed by atoms with Gasteiger partial charge in [-0.2, -0.15) is 0 Å². The van der Waals surface area contributed by atoms with Gasteiger partial charge in [-0.3, -0.25) is 0 Å². The Morgan fingerprint density at radius 2 is 2.40 bits per heavy atom. The fraction of sp³-hybridized carbons (Fsp3) is 0.667. The van der Waals surface area contributed by atoms with Gasteiger partial charge in [-0.15, -0.1) is 11.6 Å². The third kappa shape index (κ3) is 2.52. The molecule has 1 aromatic heterocycles. The van der Waals surface area contributed by atoms with E-state index in [-0.39, 0.29) is 5.92 Å². The van der Waals surface area contributed by atoms with E-state index in [1.165, 1.54) is 0 Å². The van der Waals surface area contributed by atoms with Gasteiger partial charge < -0.3 is 4.57 Å². The van der Waals surface area contributed by atoms with Gasteiger partial charge >= 0.3 is 0 Å². The Hall–Kier alpha value is -0.550. The highest BCUT2D eigenvalue weighted by Gasteiger charge is 2.28. The number of sulfone groups is 1. The molecule has 2 heterocycles. The number of hydrogen-bond donors (Lipinski definition) is 0. The van der Waals surface area contributed by atoms with E-state index in [0.29, 0.717) is 23.9 Å². The smallest absolute Gasteiger partial charge is 0.150 e. The summed E-state index contributed by atoms with van der Waals surface area (Å²) in [4.78, 5) is 4.00. The molecule has 1 atom stereocenters. The Labute approximate surface area is 94.2 Å². The molecule has 0 aliphatic carbocycles. The maximum absolute atomic E-state index is 11.3. The zero-order valence-corrected chi connectivity index (χ0v) is 9.84. The van der Waals surface area contributed by atoms with Crippen molar-refractivity contribution in [1.82, 2.24) is 9.55 Å².